The van der Waals surface area contributed by atoms with Gasteiger partial charge in [0.05, 0.1) is 6.20 Å². The molecule has 2 aromatic heterocycles. The van der Waals surface area contributed by atoms with Gasteiger partial charge in [0.2, 0.25) is 5.76 Å². The SMILES string of the molecule is O=C(O)c1ncoc1-c1ncco1. The summed E-state index contributed by atoms with van der Waals surface area (Å²) in [5, 5.41) is 8.66. The molecule has 66 valence electrons. The lowest BCUT2D eigenvalue weighted by molar-refractivity contribution is 0.0691. The molecule has 6 heteroatoms. The third kappa shape index (κ3) is 1.18. The molecular weight excluding hydrogens is 176 g/mol. The molecule has 0 bridgehead atoms. The van der Waals surface area contributed by atoms with Crippen LogP contribution in [0.4, 0.5) is 0 Å². The lowest BCUT2D eigenvalue weighted by Crippen LogP contribution is -1.98. The highest BCUT2D eigenvalue weighted by molar-refractivity contribution is 5.90. The van der Waals surface area contributed by atoms with Gasteiger partial charge >= 0.3 is 5.97 Å². The van der Waals surface area contributed by atoms with Gasteiger partial charge < -0.3 is 13.9 Å². The zero-order valence-electron chi connectivity index (χ0n) is 6.30. The van der Waals surface area contributed by atoms with Crippen molar-refractivity contribution in [3.63, 3.8) is 0 Å². The van der Waals surface area contributed by atoms with Gasteiger partial charge in [-0.15, -0.1) is 0 Å². The predicted octanol–water partition coefficient (Wildman–Crippen LogP) is 1.03. The van der Waals surface area contributed by atoms with Gasteiger partial charge in [-0.25, -0.2) is 14.8 Å². The van der Waals surface area contributed by atoms with Crippen molar-refractivity contribution in [3.8, 4) is 11.7 Å². The van der Waals surface area contributed by atoms with Crippen molar-refractivity contribution in [2.24, 2.45) is 0 Å². The molecule has 1 N–H and O–H groups in total. The number of hydrogen-bond acceptors (Lipinski definition) is 5. The molecule has 0 aliphatic carbocycles. The van der Waals surface area contributed by atoms with Crippen LogP contribution in [0.15, 0.2) is 27.7 Å². The van der Waals surface area contributed by atoms with Crippen LogP contribution >= 0.6 is 0 Å². The van der Waals surface area contributed by atoms with E-state index in [4.69, 9.17) is 13.9 Å². The molecular formula is C7H4N2O4. The van der Waals surface area contributed by atoms with Gasteiger partial charge in [-0.2, -0.15) is 0 Å². The van der Waals surface area contributed by atoms with Crippen molar-refractivity contribution in [1.82, 2.24) is 9.97 Å². The van der Waals surface area contributed by atoms with Crippen LogP contribution < -0.4 is 0 Å². The van der Waals surface area contributed by atoms with Crippen LogP contribution in [-0.2, 0) is 0 Å². The van der Waals surface area contributed by atoms with Crippen LogP contribution in [0.1, 0.15) is 10.5 Å². The van der Waals surface area contributed by atoms with Crippen molar-refractivity contribution in [1.29, 1.82) is 0 Å². The Bertz CT molecular complexity index is 417. The molecule has 0 saturated heterocycles. The Morgan fingerprint density at radius 1 is 1.38 bits per heavy atom. The number of carboxylic acids is 1. The normalized spacial score (nSPS) is 10.2. The largest absolute Gasteiger partial charge is 0.476 e. The third-order valence-corrected chi connectivity index (χ3v) is 1.40. The Kier molecular flexibility index (Phi) is 1.59. The van der Waals surface area contributed by atoms with Crippen LogP contribution in [0, 0.1) is 0 Å². The molecule has 6 nitrogen and oxygen atoms in total. The maximum absolute atomic E-state index is 10.6. The molecule has 0 fully saturated rings. The Morgan fingerprint density at radius 2 is 2.23 bits per heavy atom. The van der Waals surface area contributed by atoms with E-state index < -0.39 is 5.97 Å². The number of carbonyl (C=O) groups is 1. The fourth-order valence-corrected chi connectivity index (χ4v) is 0.886. The predicted molar refractivity (Wildman–Crippen MR) is 39.0 cm³/mol. The average molecular weight is 180 g/mol. The van der Waals surface area contributed by atoms with Gasteiger partial charge in [-0.05, 0) is 0 Å². The first-order valence-electron chi connectivity index (χ1n) is 3.35. The van der Waals surface area contributed by atoms with Crippen LogP contribution in [0.3, 0.4) is 0 Å². The zero-order chi connectivity index (χ0) is 9.26. The monoisotopic (exact) mass is 180 g/mol. The summed E-state index contributed by atoms with van der Waals surface area (Å²) in [6.07, 6.45) is 3.75. The van der Waals surface area contributed by atoms with Crippen LogP contribution in [0.25, 0.3) is 11.7 Å². The van der Waals surface area contributed by atoms with E-state index in [0.717, 1.165) is 6.39 Å². The summed E-state index contributed by atoms with van der Waals surface area (Å²) in [6, 6.07) is 0. The number of aromatic carboxylic acids is 1. The third-order valence-electron chi connectivity index (χ3n) is 1.40. The first-order chi connectivity index (χ1) is 6.29. The van der Waals surface area contributed by atoms with Crippen molar-refractivity contribution < 1.29 is 18.7 Å². The van der Waals surface area contributed by atoms with E-state index in [1.807, 2.05) is 0 Å². The molecule has 0 spiro atoms. The summed E-state index contributed by atoms with van der Waals surface area (Å²) >= 11 is 0. The van der Waals surface area contributed by atoms with Crippen LogP contribution in [-0.4, -0.2) is 21.0 Å². The lowest BCUT2D eigenvalue weighted by atomic mass is 10.3. The number of nitrogens with zero attached hydrogens (tertiary/aromatic N) is 2. The summed E-state index contributed by atoms with van der Waals surface area (Å²) < 4.78 is 9.68. The number of carboxylic acid groups (broad SMARTS) is 1. The van der Waals surface area contributed by atoms with E-state index >= 15 is 0 Å². The smallest absolute Gasteiger partial charge is 0.358 e. The Hall–Kier alpha value is -2.11. The molecule has 0 saturated carbocycles. The molecule has 2 heterocycles. The summed E-state index contributed by atoms with van der Waals surface area (Å²) in [6.45, 7) is 0. The topological polar surface area (TPSA) is 89.4 Å². The molecule has 0 aromatic carbocycles. The zero-order valence-corrected chi connectivity index (χ0v) is 6.30. The molecule has 13 heavy (non-hydrogen) atoms. The number of hydrogen-bond donors (Lipinski definition) is 1. The van der Waals surface area contributed by atoms with Crippen molar-refractivity contribution >= 4 is 5.97 Å². The number of rotatable bonds is 2. The molecule has 2 aromatic rings. The molecule has 0 aliphatic rings. The van der Waals surface area contributed by atoms with Crippen LogP contribution in [0.5, 0.6) is 0 Å². The van der Waals surface area contributed by atoms with Gasteiger partial charge in [-0.1, -0.05) is 0 Å². The highest BCUT2D eigenvalue weighted by Crippen LogP contribution is 2.20. The minimum absolute atomic E-state index is 0.0255. The van der Waals surface area contributed by atoms with Gasteiger partial charge in [0.25, 0.3) is 5.89 Å². The summed E-state index contributed by atoms with van der Waals surface area (Å²) in [7, 11) is 0. The quantitative estimate of drug-likeness (QED) is 0.742. The second-order valence-corrected chi connectivity index (χ2v) is 2.17. The summed E-state index contributed by atoms with van der Waals surface area (Å²) in [5.41, 5.74) is -0.206. The highest BCUT2D eigenvalue weighted by atomic mass is 16.4. The molecule has 0 aliphatic heterocycles. The molecule has 0 amide bonds. The molecule has 0 radical (unpaired) electrons. The maximum atomic E-state index is 10.6. The van der Waals surface area contributed by atoms with Gasteiger partial charge in [0, 0.05) is 0 Å². The van der Waals surface area contributed by atoms with E-state index in [1.54, 1.807) is 0 Å². The van der Waals surface area contributed by atoms with E-state index in [1.165, 1.54) is 12.5 Å². The second-order valence-electron chi connectivity index (χ2n) is 2.17. The standard InChI is InChI=1S/C7H4N2O4/c10-7(11)4-5(13-3-9-4)6-8-1-2-12-6/h1-3H,(H,10,11). The molecule has 2 rings (SSSR count). The maximum Gasteiger partial charge on any atom is 0.358 e. The van der Waals surface area contributed by atoms with E-state index in [0.29, 0.717) is 0 Å². The van der Waals surface area contributed by atoms with Crippen molar-refractivity contribution in [2.75, 3.05) is 0 Å². The van der Waals surface area contributed by atoms with Gasteiger partial charge in [0.1, 0.15) is 6.26 Å². The van der Waals surface area contributed by atoms with Crippen LogP contribution in [0.2, 0.25) is 0 Å². The van der Waals surface area contributed by atoms with Gasteiger partial charge in [-0.3, -0.25) is 0 Å². The first kappa shape index (κ1) is 7.53. The van der Waals surface area contributed by atoms with E-state index in [2.05, 4.69) is 9.97 Å². The fourth-order valence-electron chi connectivity index (χ4n) is 0.886. The minimum atomic E-state index is -1.18. The Labute approximate surface area is 71.8 Å². The first-order valence-corrected chi connectivity index (χ1v) is 3.35. The van der Waals surface area contributed by atoms with E-state index in [9.17, 15) is 4.79 Å². The molecule has 0 unspecified atom stereocenters. The number of aromatic nitrogens is 2. The van der Waals surface area contributed by atoms with E-state index in [-0.39, 0.29) is 17.3 Å². The number of oxazole rings is 2. The minimum Gasteiger partial charge on any atom is -0.476 e. The Balaban J connectivity index is 2.52. The second kappa shape index (κ2) is 2.74. The summed E-state index contributed by atoms with van der Waals surface area (Å²) in [4.78, 5) is 17.8. The summed E-state index contributed by atoms with van der Waals surface area (Å²) in [5.74, 6) is -1.05. The highest BCUT2D eigenvalue weighted by Gasteiger charge is 2.20. The van der Waals surface area contributed by atoms with Crippen molar-refractivity contribution in [3.05, 3.63) is 24.5 Å². The van der Waals surface area contributed by atoms with Gasteiger partial charge in [0.15, 0.2) is 12.1 Å². The van der Waals surface area contributed by atoms with Crippen molar-refractivity contribution in [2.45, 2.75) is 0 Å². The average Bonchev–Trinajstić information content (AvgIpc) is 2.74. The Morgan fingerprint density at radius 3 is 2.85 bits per heavy atom. The molecule has 0 atom stereocenters. The fraction of sp³-hybridized carbons (Fsp3) is 0. The lowest BCUT2D eigenvalue weighted by Gasteiger charge is -1.89.